The first-order valence-electron chi connectivity index (χ1n) is 21.8. The molecular formula is C56H52N2O8. The van der Waals surface area contributed by atoms with E-state index in [1.165, 1.54) is 5.56 Å². The second kappa shape index (κ2) is 20.7. The van der Waals surface area contributed by atoms with Crippen molar-refractivity contribution in [3.8, 4) is 46.0 Å². The van der Waals surface area contributed by atoms with Gasteiger partial charge in [-0.2, -0.15) is 0 Å². The lowest BCUT2D eigenvalue weighted by Crippen LogP contribution is -2.32. The number of hydrogen-bond acceptors (Lipinski definition) is 8. The van der Waals surface area contributed by atoms with Crippen molar-refractivity contribution in [2.75, 3.05) is 5.32 Å². The molecule has 7 aromatic rings. The number of hydrogen-bond donors (Lipinski definition) is 2. The standard InChI is InChI=1S/C56H52N2O8/c1-7-37(4)57-54(61)52-30-29-50(31-40(52)35-60)65-45-23-14-41(15-24-45)56(5,6)42-16-25-46(26-17-42)66-51-22-13-39(34-59)53(33-51)55(62)58-43-18-27-47(28-19-43)64-49-10-8-9-48(32-49)63-44-20-11-38(12-21-44)36(2)3/h8-37H,7H2,1-6H3,(H,57,61)(H,58,62). The fourth-order valence-electron chi connectivity index (χ4n) is 7.13. The highest BCUT2D eigenvalue weighted by molar-refractivity contribution is 6.09. The van der Waals surface area contributed by atoms with Crippen molar-refractivity contribution in [2.45, 2.75) is 65.3 Å². The smallest absolute Gasteiger partial charge is 0.256 e. The van der Waals surface area contributed by atoms with E-state index in [1.807, 2.05) is 98.8 Å². The molecule has 2 amide bonds. The van der Waals surface area contributed by atoms with Crippen LogP contribution in [0, 0.1) is 0 Å². The Kier molecular flexibility index (Phi) is 14.4. The summed E-state index contributed by atoms with van der Waals surface area (Å²) in [6.45, 7) is 12.4. The summed E-state index contributed by atoms with van der Waals surface area (Å²) in [5.74, 6) is 4.16. The molecule has 334 valence electrons. The molecule has 1 atom stereocenters. The second-order valence-electron chi connectivity index (χ2n) is 16.8. The maximum atomic E-state index is 13.5. The predicted molar refractivity (Wildman–Crippen MR) is 258 cm³/mol. The van der Waals surface area contributed by atoms with Crippen molar-refractivity contribution >= 4 is 30.1 Å². The van der Waals surface area contributed by atoms with Gasteiger partial charge in [-0.15, -0.1) is 0 Å². The number of carbonyl (C=O) groups excluding carboxylic acids is 4. The summed E-state index contributed by atoms with van der Waals surface area (Å²) in [5, 5.41) is 5.76. The highest BCUT2D eigenvalue weighted by Crippen LogP contribution is 2.36. The summed E-state index contributed by atoms with van der Waals surface area (Å²) in [4.78, 5) is 50.0. The summed E-state index contributed by atoms with van der Waals surface area (Å²) < 4.78 is 24.3. The monoisotopic (exact) mass is 880 g/mol. The van der Waals surface area contributed by atoms with Gasteiger partial charge in [-0.05, 0) is 145 Å². The molecule has 2 N–H and O–H groups in total. The summed E-state index contributed by atoms with van der Waals surface area (Å²) in [7, 11) is 0. The molecule has 0 bridgehead atoms. The van der Waals surface area contributed by atoms with Crippen LogP contribution in [0.15, 0.2) is 158 Å². The predicted octanol–water partition coefficient (Wildman–Crippen LogP) is 13.7. The molecule has 0 heterocycles. The third-order valence-corrected chi connectivity index (χ3v) is 11.3. The van der Waals surface area contributed by atoms with E-state index in [9.17, 15) is 19.2 Å². The van der Waals surface area contributed by atoms with Crippen LogP contribution >= 0.6 is 0 Å². The van der Waals surface area contributed by atoms with Gasteiger partial charge in [-0.3, -0.25) is 19.2 Å². The van der Waals surface area contributed by atoms with E-state index >= 15 is 0 Å². The average Bonchev–Trinajstić information content (AvgIpc) is 3.32. The van der Waals surface area contributed by atoms with Gasteiger partial charge in [0.15, 0.2) is 12.6 Å². The minimum absolute atomic E-state index is 0.0116. The lowest BCUT2D eigenvalue weighted by molar-refractivity contribution is 0.0933. The van der Waals surface area contributed by atoms with Crippen LogP contribution in [-0.4, -0.2) is 30.4 Å². The maximum absolute atomic E-state index is 13.5. The van der Waals surface area contributed by atoms with E-state index in [4.69, 9.17) is 18.9 Å². The second-order valence-corrected chi connectivity index (χ2v) is 16.8. The van der Waals surface area contributed by atoms with E-state index in [1.54, 1.807) is 60.7 Å². The average molecular weight is 881 g/mol. The minimum Gasteiger partial charge on any atom is -0.457 e. The van der Waals surface area contributed by atoms with Gasteiger partial charge in [0.1, 0.15) is 46.0 Å². The van der Waals surface area contributed by atoms with Crippen LogP contribution in [0.1, 0.15) is 112 Å². The molecule has 66 heavy (non-hydrogen) atoms. The Morgan fingerprint density at radius 1 is 0.515 bits per heavy atom. The Morgan fingerprint density at radius 2 is 0.970 bits per heavy atom. The SMILES string of the molecule is CCC(C)NC(=O)c1ccc(Oc2ccc(C(C)(C)c3ccc(Oc4ccc(C=O)c(C(=O)Nc5ccc(Oc6cccc(Oc7ccc(C(C)C)cc7)c6)cc5)c4)cc3)cc2)cc1C=O. The molecule has 10 heteroatoms. The number of ether oxygens (including phenoxy) is 4. The van der Waals surface area contributed by atoms with E-state index in [0.717, 1.165) is 23.3 Å². The van der Waals surface area contributed by atoms with Crippen molar-refractivity contribution in [3.63, 3.8) is 0 Å². The molecule has 1 unspecified atom stereocenters. The topological polar surface area (TPSA) is 129 Å². The highest BCUT2D eigenvalue weighted by Gasteiger charge is 2.24. The molecule has 0 saturated heterocycles. The van der Waals surface area contributed by atoms with Gasteiger partial charge in [0.2, 0.25) is 0 Å². The Labute approximate surface area is 385 Å². The van der Waals surface area contributed by atoms with E-state index in [0.29, 0.717) is 70.0 Å². The molecule has 0 aliphatic carbocycles. The molecule has 0 spiro atoms. The maximum Gasteiger partial charge on any atom is 0.256 e. The van der Waals surface area contributed by atoms with Crippen LogP contribution in [-0.2, 0) is 5.41 Å². The van der Waals surface area contributed by atoms with Crippen LogP contribution < -0.4 is 29.6 Å². The van der Waals surface area contributed by atoms with Gasteiger partial charge < -0.3 is 29.6 Å². The van der Waals surface area contributed by atoms with Gasteiger partial charge in [0.05, 0.1) is 11.1 Å². The number of rotatable bonds is 18. The lowest BCUT2D eigenvalue weighted by atomic mass is 9.78. The number of benzene rings is 7. The quantitative estimate of drug-likeness (QED) is 0.0815. The molecule has 0 aromatic heterocycles. The summed E-state index contributed by atoms with van der Waals surface area (Å²) in [6, 6.07) is 47.3. The molecular weight excluding hydrogens is 829 g/mol. The van der Waals surface area contributed by atoms with Crippen LogP contribution in [0.3, 0.4) is 0 Å². The van der Waals surface area contributed by atoms with Gasteiger partial charge in [0, 0.05) is 34.3 Å². The van der Waals surface area contributed by atoms with Gasteiger partial charge in [-0.1, -0.05) is 77.1 Å². The zero-order valence-electron chi connectivity index (χ0n) is 37.8. The first-order valence-corrected chi connectivity index (χ1v) is 21.8. The number of nitrogens with one attached hydrogen (secondary N) is 2. The number of carbonyl (C=O) groups is 4. The van der Waals surface area contributed by atoms with Crippen LogP contribution in [0.2, 0.25) is 0 Å². The van der Waals surface area contributed by atoms with Gasteiger partial charge >= 0.3 is 0 Å². The molecule has 0 saturated carbocycles. The number of aldehydes is 2. The fourth-order valence-corrected chi connectivity index (χ4v) is 7.13. The Morgan fingerprint density at radius 3 is 1.47 bits per heavy atom. The van der Waals surface area contributed by atoms with Crippen LogP contribution in [0.5, 0.6) is 46.0 Å². The fraction of sp³-hybridized carbons (Fsp3) is 0.179. The van der Waals surface area contributed by atoms with Crippen molar-refractivity contribution in [1.29, 1.82) is 0 Å². The molecule has 7 rings (SSSR count). The summed E-state index contributed by atoms with van der Waals surface area (Å²) in [5.41, 5.74) is 4.36. The Balaban J connectivity index is 0.951. The van der Waals surface area contributed by atoms with Crippen molar-refractivity contribution < 1.29 is 38.1 Å². The zero-order valence-corrected chi connectivity index (χ0v) is 37.8. The zero-order chi connectivity index (χ0) is 46.8. The lowest BCUT2D eigenvalue weighted by Gasteiger charge is -2.26. The molecule has 0 radical (unpaired) electrons. The van der Waals surface area contributed by atoms with E-state index < -0.39 is 11.3 Å². The molecule has 0 aliphatic rings. The number of amides is 2. The molecule has 0 fully saturated rings. The Bertz CT molecular complexity index is 2820. The van der Waals surface area contributed by atoms with Crippen molar-refractivity contribution in [3.05, 3.63) is 197 Å². The summed E-state index contributed by atoms with van der Waals surface area (Å²) in [6.07, 6.45) is 2.08. The summed E-state index contributed by atoms with van der Waals surface area (Å²) >= 11 is 0. The third-order valence-electron chi connectivity index (χ3n) is 11.3. The van der Waals surface area contributed by atoms with Crippen molar-refractivity contribution in [1.82, 2.24) is 5.32 Å². The van der Waals surface area contributed by atoms with Crippen LogP contribution in [0.25, 0.3) is 0 Å². The highest BCUT2D eigenvalue weighted by atomic mass is 16.5. The third kappa shape index (κ3) is 11.4. The molecule has 10 nitrogen and oxygen atoms in total. The van der Waals surface area contributed by atoms with E-state index in [2.05, 4.69) is 50.5 Å². The number of anilines is 1. The molecule has 0 aliphatic heterocycles. The first-order chi connectivity index (χ1) is 31.8. The van der Waals surface area contributed by atoms with Crippen LogP contribution in [0.4, 0.5) is 5.69 Å². The first kappa shape index (κ1) is 46.0. The normalized spacial score (nSPS) is 11.6. The van der Waals surface area contributed by atoms with Crippen molar-refractivity contribution in [2.24, 2.45) is 0 Å². The largest absolute Gasteiger partial charge is 0.457 e. The van der Waals surface area contributed by atoms with E-state index in [-0.39, 0.29) is 28.6 Å². The van der Waals surface area contributed by atoms with Gasteiger partial charge in [0.25, 0.3) is 11.8 Å². The molecule has 7 aromatic carbocycles. The minimum atomic E-state index is -0.471. The Hall–Kier alpha value is -7.98. The van der Waals surface area contributed by atoms with Gasteiger partial charge in [-0.25, -0.2) is 0 Å².